The van der Waals surface area contributed by atoms with Gasteiger partial charge >= 0.3 is 5.97 Å². The van der Waals surface area contributed by atoms with E-state index in [1.54, 1.807) is 6.92 Å². The summed E-state index contributed by atoms with van der Waals surface area (Å²) in [6.07, 6.45) is 2.12. The van der Waals surface area contributed by atoms with Gasteiger partial charge in [-0.25, -0.2) is 8.42 Å². The lowest BCUT2D eigenvalue weighted by Gasteiger charge is -2.28. The molecule has 138 valence electrons. The standard InChI is InChI=1S/C15H26N2O6S/c1-3-9-24(22,23)11-14(19)16-7-4-5-13(6-8-16)17(12(2)18)10-15(20)21/h13H,3-11H2,1-2H3,(H,20,21). The van der Waals surface area contributed by atoms with Crippen molar-refractivity contribution in [3.05, 3.63) is 0 Å². The highest BCUT2D eigenvalue weighted by Gasteiger charge is 2.28. The molecule has 8 nitrogen and oxygen atoms in total. The number of nitrogens with zero attached hydrogens (tertiary/aromatic N) is 2. The van der Waals surface area contributed by atoms with Gasteiger partial charge in [0, 0.05) is 26.1 Å². The number of amides is 2. The molecule has 0 aliphatic carbocycles. The van der Waals surface area contributed by atoms with Crippen LogP contribution in [0.25, 0.3) is 0 Å². The molecular weight excluding hydrogens is 336 g/mol. The molecular formula is C15H26N2O6S. The van der Waals surface area contributed by atoms with Crippen molar-refractivity contribution in [2.75, 3.05) is 31.1 Å². The van der Waals surface area contributed by atoms with Crippen LogP contribution < -0.4 is 0 Å². The Morgan fingerprint density at radius 3 is 2.42 bits per heavy atom. The minimum Gasteiger partial charge on any atom is -0.480 e. The van der Waals surface area contributed by atoms with Crippen LogP contribution in [0.4, 0.5) is 0 Å². The molecule has 2 amide bonds. The Bertz CT molecular complexity index is 575. The van der Waals surface area contributed by atoms with Gasteiger partial charge in [0.15, 0.2) is 9.84 Å². The number of carbonyl (C=O) groups excluding carboxylic acids is 2. The topological polar surface area (TPSA) is 112 Å². The summed E-state index contributed by atoms with van der Waals surface area (Å²) in [6, 6.07) is -0.247. The SMILES string of the molecule is CCCS(=O)(=O)CC(=O)N1CCCC(N(CC(=O)O)C(C)=O)CC1. The molecule has 1 heterocycles. The summed E-state index contributed by atoms with van der Waals surface area (Å²) in [4.78, 5) is 37.6. The molecule has 1 N–H and O–H groups in total. The lowest BCUT2D eigenvalue weighted by atomic mass is 10.1. The first-order chi connectivity index (χ1) is 11.2. The second-order valence-electron chi connectivity index (χ2n) is 6.10. The highest BCUT2D eigenvalue weighted by molar-refractivity contribution is 7.92. The van der Waals surface area contributed by atoms with Gasteiger partial charge in [-0.3, -0.25) is 14.4 Å². The van der Waals surface area contributed by atoms with Crippen LogP contribution in [0.1, 0.15) is 39.5 Å². The fourth-order valence-electron chi connectivity index (χ4n) is 2.95. The predicted octanol–water partition coefficient (Wildman–Crippen LogP) is 0.125. The monoisotopic (exact) mass is 362 g/mol. The Morgan fingerprint density at radius 1 is 1.21 bits per heavy atom. The summed E-state index contributed by atoms with van der Waals surface area (Å²) in [5.74, 6) is -2.30. The second kappa shape index (κ2) is 9.00. The molecule has 0 bridgehead atoms. The van der Waals surface area contributed by atoms with Crippen molar-refractivity contribution in [3.63, 3.8) is 0 Å². The third-order valence-corrected chi connectivity index (χ3v) is 5.78. The van der Waals surface area contributed by atoms with Crippen molar-refractivity contribution in [1.29, 1.82) is 0 Å². The molecule has 0 aromatic carbocycles. The Hall–Kier alpha value is -1.64. The molecule has 0 radical (unpaired) electrons. The quantitative estimate of drug-likeness (QED) is 0.689. The van der Waals surface area contributed by atoms with Gasteiger partial charge in [0.05, 0.1) is 5.75 Å². The molecule has 1 aliphatic heterocycles. The number of hydrogen-bond acceptors (Lipinski definition) is 5. The van der Waals surface area contributed by atoms with E-state index in [1.165, 1.54) is 16.7 Å². The van der Waals surface area contributed by atoms with Crippen LogP contribution in [0.2, 0.25) is 0 Å². The van der Waals surface area contributed by atoms with E-state index in [-0.39, 0.29) is 24.2 Å². The van der Waals surface area contributed by atoms with Crippen molar-refractivity contribution in [3.8, 4) is 0 Å². The van der Waals surface area contributed by atoms with Crippen LogP contribution >= 0.6 is 0 Å². The number of likely N-dealkylation sites (tertiary alicyclic amines) is 1. The van der Waals surface area contributed by atoms with E-state index in [0.717, 1.165) is 0 Å². The maximum atomic E-state index is 12.2. The average molecular weight is 362 g/mol. The maximum absolute atomic E-state index is 12.2. The molecule has 0 aromatic rings. The van der Waals surface area contributed by atoms with E-state index in [0.29, 0.717) is 38.8 Å². The molecule has 1 aliphatic rings. The van der Waals surface area contributed by atoms with Crippen molar-refractivity contribution in [1.82, 2.24) is 9.80 Å². The summed E-state index contributed by atoms with van der Waals surface area (Å²) in [5.41, 5.74) is 0. The van der Waals surface area contributed by atoms with Crippen molar-refractivity contribution in [2.24, 2.45) is 0 Å². The molecule has 0 saturated carbocycles. The third-order valence-electron chi connectivity index (χ3n) is 4.06. The van der Waals surface area contributed by atoms with Crippen LogP contribution in [-0.2, 0) is 24.2 Å². The normalized spacial score (nSPS) is 18.8. The van der Waals surface area contributed by atoms with Gasteiger partial charge < -0.3 is 14.9 Å². The highest BCUT2D eigenvalue weighted by Crippen LogP contribution is 2.18. The molecule has 24 heavy (non-hydrogen) atoms. The first kappa shape index (κ1) is 20.4. The lowest BCUT2D eigenvalue weighted by molar-refractivity contribution is -0.145. The van der Waals surface area contributed by atoms with Crippen LogP contribution in [0, 0.1) is 0 Å². The molecule has 1 saturated heterocycles. The van der Waals surface area contributed by atoms with Gasteiger partial charge in [-0.1, -0.05) is 6.92 Å². The zero-order valence-corrected chi connectivity index (χ0v) is 15.0. The minimum atomic E-state index is -3.38. The molecule has 0 spiro atoms. The number of hydrogen-bond donors (Lipinski definition) is 1. The summed E-state index contributed by atoms with van der Waals surface area (Å²) < 4.78 is 23.6. The molecule has 1 fully saturated rings. The lowest BCUT2D eigenvalue weighted by Crippen LogP contribution is -2.43. The largest absolute Gasteiger partial charge is 0.480 e. The van der Waals surface area contributed by atoms with E-state index in [2.05, 4.69) is 0 Å². The van der Waals surface area contributed by atoms with Crippen molar-refractivity contribution >= 4 is 27.6 Å². The van der Waals surface area contributed by atoms with Crippen LogP contribution in [0.5, 0.6) is 0 Å². The van der Waals surface area contributed by atoms with E-state index in [9.17, 15) is 22.8 Å². The zero-order valence-electron chi connectivity index (χ0n) is 14.2. The first-order valence-corrected chi connectivity index (χ1v) is 9.95. The van der Waals surface area contributed by atoms with E-state index in [1.807, 2.05) is 0 Å². The van der Waals surface area contributed by atoms with Gasteiger partial charge in [0.1, 0.15) is 12.3 Å². The number of carboxylic acid groups (broad SMARTS) is 1. The summed E-state index contributed by atoms with van der Waals surface area (Å²) >= 11 is 0. The average Bonchev–Trinajstić information content (AvgIpc) is 2.69. The van der Waals surface area contributed by atoms with E-state index < -0.39 is 27.5 Å². The van der Waals surface area contributed by atoms with Crippen molar-refractivity contribution < 1.29 is 27.9 Å². The Labute approximate surface area is 142 Å². The van der Waals surface area contributed by atoms with Crippen LogP contribution in [0.15, 0.2) is 0 Å². The Balaban J connectivity index is 2.69. The number of carbonyl (C=O) groups is 3. The van der Waals surface area contributed by atoms with Crippen LogP contribution in [-0.4, -0.2) is 78.3 Å². The van der Waals surface area contributed by atoms with Gasteiger partial charge in [-0.15, -0.1) is 0 Å². The third kappa shape index (κ3) is 6.46. The number of rotatable bonds is 7. The van der Waals surface area contributed by atoms with Crippen LogP contribution in [0.3, 0.4) is 0 Å². The fraction of sp³-hybridized carbons (Fsp3) is 0.800. The number of sulfone groups is 1. The summed E-state index contributed by atoms with van der Waals surface area (Å²) in [6.45, 7) is 3.47. The van der Waals surface area contributed by atoms with Gasteiger partial charge in [0.2, 0.25) is 11.8 Å². The van der Waals surface area contributed by atoms with E-state index >= 15 is 0 Å². The fourth-order valence-corrected chi connectivity index (χ4v) is 4.27. The van der Waals surface area contributed by atoms with Crippen molar-refractivity contribution in [2.45, 2.75) is 45.6 Å². The highest BCUT2D eigenvalue weighted by atomic mass is 32.2. The molecule has 0 aromatic heterocycles. The second-order valence-corrected chi connectivity index (χ2v) is 8.28. The smallest absolute Gasteiger partial charge is 0.323 e. The molecule has 9 heteroatoms. The summed E-state index contributed by atoms with van der Waals surface area (Å²) in [7, 11) is -3.38. The Morgan fingerprint density at radius 2 is 1.88 bits per heavy atom. The Kier molecular flexibility index (Phi) is 7.65. The number of carboxylic acids is 1. The maximum Gasteiger partial charge on any atom is 0.323 e. The van der Waals surface area contributed by atoms with Gasteiger partial charge in [-0.05, 0) is 25.7 Å². The first-order valence-electron chi connectivity index (χ1n) is 8.13. The van der Waals surface area contributed by atoms with E-state index in [4.69, 9.17) is 5.11 Å². The zero-order chi connectivity index (χ0) is 18.3. The van der Waals surface area contributed by atoms with Gasteiger partial charge in [0.25, 0.3) is 0 Å². The molecule has 1 rings (SSSR count). The minimum absolute atomic E-state index is 0.00801. The molecule has 1 atom stereocenters. The predicted molar refractivity (Wildman–Crippen MR) is 88.2 cm³/mol. The summed E-state index contributed by atoms with van der Waals surface area (Å²) in [5, 5.41) is 8.93. The van der Waals surface area contributed by atoms with Gasteiger partial charge in [-0.2, -0.15) is 0 Å². The molecule has 1 unspecified atom stereocenters. The number of aliphatic carboxylic acids is 1.